The minimum Gasteiger partial charge on any atom is -0.395 e. The second-order valence-electron chi connectivity index (χ2n) is 4.52. The van der Waals surface area contributed by atoms with Gasteiger partial charge >= 0.3 is 6.03 Å². The van der Waals surface area contributed by atoms with Crippen LogP contribution in [-0.4, -0.2) is 54.5 Å². The molecule has 0 saturated carbocycles. The Morgan fingerprint density at radius 2 is 2.47 bits per heavy atom. The summed E-state index contributed by atoms with van der Waals surface area (Å²) in [5, 5.41) is 11.7. The van der Waals surface area contributed by atoms with E-state index in [0.29, 0.717) is 19.6 Å². The fourth-order valence-corrected chi connectivity index (χ4v) is 1.90. The van der Waals surface area contributed by atoms with Crippen molar-refractivity contribution in [2.75, 3.05) is 32.8 Å². The van der Waals surface area contributed by atoms with Gasteiger partial charge in [0.2, 0.25) is 0 Å². The van der Waals surface area contributed by atoms with Crippen molar-refractivity contribution >= 4 is 6.03 Å². The fourth-order valence-electron chi connectivity index (χ4n) is 1.90. The molecular weight excluding hydrogens is 220 g/mol. The number of hydrogen-bond acceptors (Lipinski definition) is 3. The third-order valence-corrected chi connectivity index (χ3v) is 2.92. The summed E-state index contributed by atoms with van der Waals surface area (Å²) in [6, 6.07) is -0.185. The zero-order valence-electron chi connectivity index (χ0n) is 10.4. The Kier molecular flexibility index (Phi) is 5.44. The van der Waals surface area contributed by atoms with Crippen LogP contribution in [0, 0.1) is 0 Å². The van der Waals surface area contributed by atoms with E-state index in [0.717, 1.165) is 19.4 Å². The first-order valence-corrected chi connectivity index (χ1v) is 6.00. The summed E-state index contributed by atoms with van der Waals surface area (Å²) >= 11 is 0. The second-order valence-corrected chi connectivity index (χ2v) is 4.52. The zero-order chi connectivity index (χ0) is 12.7. The molecule has 1 rings (SSSR count). The van der Waals surface area contributed by atoms with E-state index in [1.807, 2.05) is 6.92 Å². The molecule has 1 heterocycles. The number of rotatable bonds is 6. The Labute approximate surface area is 102 Å². The standard InChI is InChI=1S/C12H22N2O3/c1-3-6-14(7-8-15)11(16)13-10-12(2)5-4-9-17-12/h3,15H,1,4-10H2,2H3,(H,13,16). The lowest BCUT2D eigenvalue weighted by Crippen LogP contribution is -2.47. The summed E-state index contributed by atoms with van der Waals surface area (Å²) in [7, 11) is 0. The molecule has 5 nitrogen and oxygen atoms in total. The molecule has 1 aliphatic rings. The van der Waals surface area contributed by atoms with Gasteiger partial charge in [-0.05, 0) is 19.8 Å². The van der Waals surface area contributed by atoms with E-state index in [-0.39, 0.29) is 18.2 Å². The van der Waals surface area contributed by atoms with E-state index >= 15 is 0 Å². The van der Waals surface area contributed by atoms with E-state index in [1.54, 1.807) is 6.08 Å². The number of nitrogens with zero attached hydrogens (tertiary/aromatic N) is 1. The number of aliphatic hydroxyl groups excluding tert-OH is 1. The summed E-state index contributed by atoms with van der Waals surface area (Å²) in [6.07, 6.45) is 3.65. The molecule has 0 aromatic heterocycles. The highest BCUT2D eigenvalue weighted by molar-refractivity contribution is 5.74. The molecule has 2 N–H and O–H groups in total. The van der Waals surface area contributed by atoms with E-state index in [9.17, 15) is 4.79 Å². The van der Waals surface area contributed by atoms with Crippen molar-refractivity contribution in [1.29, 1.82) is 0 Å². The average Bonchev–Trinajstić information content (AvgIpc) is 2.73. The Balaban J connectivity index is 2.38. The van der Waals surface area contributed by atoms with Crippen molar-refractivity contribution in [3.8, 4) is 0 Å². The van der Waals surface area contributed by atoms with Crippen LogP contribution < -0.4 is 5.32 Å². The maximum atomic E-state index is 11.8. The van der Waals surface area contributed by atoms with Gasteiger partial charge in [-0.2, -0.15) is 0 Å². The van der Waals surface area contributed by atoms with Crippen molar-refractivity contribution in [1.82, 2.24) is 10.2 Å². The summed E-state index contributed by atoms with van der Waals surface area (Å²) < 4.78 is 5.59. The number of nitrogens with one attached hydrogen (secondary N) is 1. The van der Waals surface area contributed by atoms with Crippen LogP contribution in [0.2, 0.25) is 0 Å². The summed E-state index contributed by atoms with van der Waals surface area (Å²) in [6.45, 7) is 7.56. The van der Waals surface area contributed by atoms with Crippen LogP contribution in [0.4, 0.5) is 4.79 Å². The predicted octanol–water partition coefficient (Wildman–Crippen LogP) is 0.745. The third-order valence-electron chi connectivity index (χ3n) is 2.92. The first kappa shape index (κ1) is 14.0. The molecule has 0 aromatic rings. The van der Waals surface area contributed by atoms with E-state index in [2.05, 4.69) is 11.9 Å². The smallest absolute Gasteiger partial charge is 0.317 e. The van der Waals surface area contributed by atoms with Gasteiger partial charge in [0.25, 0.3) is 0 Å². The highest BCUT2D eigenvalue weighted by Gasteiger charge is 2.30. The first-order chi connectivity index (χ1) is 8.11. The largest absolute Gasteiger partial charge is 0.395 e. The number of ether oxygens (including phenoxy) is 1. The van der Waals surface area contributed by atoms with Gasteiger partial charge in [-0.25, -0.2) is 4.79 Å². The van der Waals surface area contributed by atoms with Crippen LogP contribution in [0.1, 0.15) is 19.8 Å². The van der Waals surface area contributed by atoms with Crippen molar-refractivity contribution in [2.45, 2.75) is 25.4 Å². The van der Waals surface area contributed by atoms with Gasteiger partial charge in [-0.3, -0.25) is 0 Å². The molecular formula is C12H22N2O3. The molecule has 0 aromatic carbocycles. The summed E-state index contributed by atoms with van der Waals surface area (Å²) in [5.41, 5.74) is -0.241. The van der Waals surface area contributed by atoms with Gasteiger partial charge in [0.05, 0.1) is 12.2 Å². The van der Waals surface area contributed by atoms with Crippen LogP contribution in [0.15, 0.2) is 12.7 Å². The molecule has 98 valence electrons. The summed E-state index contributed by atoms with van der Waals surface area (Å²) in [4.78, 5) is 13.3. The molecule has 1 aliphatic heterocycles. The van der Waals surface area contributed by atoms with Gasteiger partial charge in [-0.15, -0.1) is 6.58 Å². The molecule has 5 heteroatoms. The first-order valence-electron chi connectivity index (χ1n) is 6.00. The van der Waals surface area contributed by atoms with E-state index in [4.69, 9.17) is 9.84 Å². The van der Waals surface area contributed by atoms with Crippen LogP contribution in [-0.2, 0) is 4.74 Å². The fraction of sp³-hybridized carbons (Fsp3) is 0.750. The normalized spacial score (nSPS) is 23.4. The third kappa shape index (κ3) is 4.36. The molecule has 1 fully saturated rings. The predicted molar refractivity (Wildman–Crippen MR) is 65.8 cm³/mol. The zero-order valence-corrected chi connectivity index (χ0v) is 10.4. The molecule has 1 saturated heterocycles. The van der Waals surface area contributed by atoms with Crippen LogP contribution in [0.5, 0.6) is 0 Å². The lowest BCUT2D eigenvalue weighted by molar-refractivity contribution is 0.0219. The van der Waals surface area contributed by atoms with Crippen LogP contribution >= 0.6 is 0 Å². The highest BCUT2D eigenvalue weighted by atomic mass is 16.5. The number of hydrogen-bond donors (Lipinski definition) is 2. The number of aliphatic hydroxyl groups is 1. The molecule has 1 unspecified atom stereocenters. The van der Waals surface area contributed by atoms with Crippen molar-refractivity contribution in [3.63, 3.8) is 0 Å². The van der Waals surface area contributed by atoms with Crippen molar-refractivity contribution < 1.29 is 14.6 Å². The second kappa shape index (κ2) is 6.61. The number of urea groups is 1. The SMILES string of the molecule is C=CCN(CCO)C(=O)NCC1(C)CCCO1. The molecule has 17 heavy (non-hydrogen) atoms. The lowest BCUT2D eigenvalue weighted by atomic mass is 10.0. The maximum absolute atomic E-state index is 11.8. The average molecular weight is 242 g/mol. The monoisotopic (exact) mass is 242 g/mol. The number of carbonyl (C=O) groups is 1. The van der Waals surface area contributed by atoms with Crippen molar-refractivity contribution in [3.05, 3.63) is 12.7 Å². The van der Waals surface area contributed by atoms with E-state index < -0.39 is 0 Å². The Morgan fingerprint density at radius 1 is 1.71 bits per heavy atom. The lowest BCUT2D eigenvalue weighted by Gasteiger charge is -2.26. The molecule has 0 spiro atoms. The minimum atomic E-state index is -0.241. The number of amides is 2. The maximum Gasteiger partial charge on any atom is 0.317 e. The van der Waals surface area contributed by atoms with Gasteiger partial charge < -0.3 is 20.1 Å². The molecule has 0 aliphatic carbocycles. The van der Waals surface area contributed by atoms with Gasteiger partial charge in [0, 0.05) is 26.2 Å². The van der Waals surface area contributed by atoms with Gasteiger partial charge in [0.1, 0.15) is 0 Å². The van der Waals surface area contributed by atoms with Crippen molar-refractivity contribution in [2.24, 2.45) is 0 Å². The summed E-state index contributed by atoms with van der Waals surface area (Å²) in [5.74, 6) is 0. The van der Waals surface area contributed by atoms with Crippen LogP contribution in [0.25, 0.3) is 0 Å². The Hall–Kier alpha value is -1.07. The Bertz CT molecular complexity index is 262. The molecule has 2 amide bonds. The number of carbonyl (C=O) groups excluding carboxylic acids is 1. The molecule has 0 bridgehead atoms. The molecule has 1 atom stereocenters. The minimum absolute atomic E-state index is 0.0466. The van der Waals surface area contributed by atoms with Crippen LogP contribution in [0.3, 0.4) is 0 Å². The topological polar surface area (TPSA) is 61.8 Å². The van der Waals surface area contributed by atoms with Gasteiger partial charge in [-0.1, -0.05) is 6.08 Å². The Morgan fingerprint density at radius 3 is 3.00 bits per heavy atom. The molecule has 0 radical (unpaired) electrons. The van der Waals surface area contributed by atoms with E-state index in [1.165, 1.54) is 4.90 Å². The highest BCUT2D eigenvalue weighted by Crippen LogP contribution is 2.23. The van der Waals surface area contributed by atoms with Gasteiger partial charge in [0.15, 0.2) is 0 Å². The quantitative estimate of drug-likeness (QED) is 0.675.